The lowest BCUT2D eigenvalue weighted by atomic mass is 9.90. The number of rotatable bonds is 3. The number of amides is 1. The van der Waals surface area contributed by atoms with Gasteiger partial charge in [0.2, 0.25) is 5.91 Å². The molecule has 2 heterocycles. The molecule has 1 aromatic rings. The maximum atomic E-state index is 12.0. The second kappa shape index (κ2) is 5.31. The summed E-state index contributed by atoms with van der Waals surface area (Å²) in [6.45, 7) is 5.02. The van der Waals surface area contributed by atoms with Gasteiger partial charge in [0.25, 0.3) is 0 Å². The summed E-state index contributed by atoms with van der Waals surface area (Å²) in [4.78, 5) is 12.0. The molecular formula is C12H20N4O. The van der Waals surface area contributed by atoms with Crippen molar-refractivity contribution in [1.82, 2.24) is 15.5 Å². The highest BCUT2D eigenvalue weighted by Crippen LogP contribution is 2.20. The van der Waals surface area contributed by atoms with Crippen LogP contribution in [0.4, 0.5) is 5.82 Å². The largest absolute Gasteiger partial charge is 0.308 e. The minimum atomic E-state index is -0.0780. The van der Waals surface area contributed by atoms with E-state index in [4.69, 9.17) is 0 Å². The molecule has 1 fully saturated rings. The van der Waals surface area contributed by atoms with Crippen LogP contribution in [0.1, 0.15) is 31.9 Å². The molecule has 17 heavy (non-hydrogen) atoms. The van der Waals surface area contributed by atoms with Gasteiger partial charge in [-0.2, -0.15) is 5.10 Å². The van der Waals surface area contributed by atoms with Crippen LogP contribution < -0.4 is 10.6 Å². The van der Waals surface area contributed by atoms with Crippen molar-refractivity contribution in [2.24, 2.45) is 5.92 Å². The third-order valence-corrected chi connectivity index (χ3v) is 3.36. The zero-order valence-corrected chi connectivity index (χ0v) is 10.4. The van der Waals surface area contributed by atoms with Crippen molar-refractivity contribution in [2.75, 3.05) is 11.9 Å². The molecule has 5 nitrogen and oxygen atoms in total. The topological polar surface area (TPSA) is 69.8 Å². The summed E-state index contributed by atoms with van der Waals surface area (Å²) in [5.41, 5.74) is 0.948. The lowest BCUT2D eigenvalue weighted by Crippen LogP contribution is -2.46. The fourth-order valence-corrected chi connectivity index (χ4v) is 2.26. The van der Waals surface area contributed by atoms with Crippen molar-refractivity contribution in [2.45, 2.75) is 39.2 Å². The van der Waals surface area contributed by atoms with Gasteiger partial charge in [-0.3, -0.25) is 9.89 Å². The highest BCUT2D eigenvalue weighted by atomic mass is 16.2. The zero-order valence-electron chi connectivity index (χ0n) is 10.4. The van der Waals surface area contributed by atoms with Crippen LogP contribution in [0.25, 0.3) is 0 Å². The first kappa shape index (κ1) is 12.1. The SMILES string of the molecule is CCC1CCNC(C(=O)Nc2cc(C)[nH]n2)C1. The van der Waals surface area contributed by atoms with Gasteiger partial charge in [-0.25, -0.2) is 0 Å². The first-order valence-electron chi connectivity index (χ1n) is 6.25. The van der Waals surface area contributed by atoms with E-state index in [1.165, 1.54) is 6.42 Å². The molecule has 3 N–H and O–H groups in total. The van der Waals surface area contributed by atoms with E-state index in [9.17, 15) is 4.79 Å². The molecular weight excluding hydrogens is 216 g/mol. The van der Waals surface area contributed by atoms with E-state index in [1.807, 2.05) is 13.0 Å². The molecule has 0 aromatic carbocycles. The van der Waals surface area contributed by atoms with Crippen molar-refractivity contribution in [3.05, 3.63) is 11.8 Å². The average molecular weight is 236 g/mol. The van der Waals surface area contributed by atoms with Gasteiger partial charge >= 0.3 is 0 Å². The first-order chi connectivity index (χ1) is 8.19. The molecule has 1 aliphatic heterocycles. The maximum Gasteiger partial charge on any atom is 0.242 e. The molecule has 94 valence electrons. The molecule has 0 radical (unpaired) electrons. The smallest absolute Gasteiger partial charge is 0.242 e. The third-order valence-electron chi connectivity index (χ3n) is 3.36. The van der Waals surface area contributed by atoms with Crippen LogP contribution in [-0.2, 0) is 4.79 Å². The molecule has 1 aliphatic rings. The number of aromatic amines is 1. The number of aromatic nitrogens is 2. The fourth-order valence-electron chi connectivity index (χ4n) is 2.26. The summed E-state index contributed by atoms with van der Waals surface area (Å²) in [6, 6.07) is 1.75. The number of nitrogens with zero attached hydrogens (tertiary/aromatic N) is 1. The van der Waals surface area contributed by atoms with Gasteiger partial charge in [-0.1, -0.05) is 13.3 Å². The summed E-state index contributed by atoms with van der Waals surface area (Å²) in [5, 5.41) is 12.9. The second-order valence-corrected chi connectivity index (χ2v) is 4.73. The Labute approximate surface area is 101 Å². The molecule has 1 amide bonds. The van der Waals surface area contributed by atoms with Gasteiger partial charge in [-0.15, -0.1) is 0 Å². The summed E-state index contributed by atoms with van der Waals surface area (Å²) in [6.07, 6.45) is 3.24. The number of aryl methyl sites for hydroxylation is 1. The Morgan fingerprint density at radius 1 is 1.65 bits per heavy atom. The predicted molar refractivity (Wildman–Crippen MR) is 66.8 cm³/mol. The number of hydrogen-bond donors (Lipinski definition) is 3. The molecule has 0 aliphatic carbocycles. The van der Waals surface area contributed by atoms with E-state index in [0.717, 1.165) is 25.1 Å². The molecule has 2 unspecified atom stereocenters. The Bertz CT molecular complexity index is 388. The fraction of sp³-hybridized carbons (Fsp3) is 0.667. The van der Waals surface area contributed by atoms with Gasteiger partial charge in [0.15, 0.2) is 5.82 Å². The Balaban J connectivity index is 1.91. The summed E-state index contributed by atoms with van der Waals surface area (Å²) in [7, 11) is 0. The summed E-state index contributed by atoms with van der Waals surface area (Å²) < 4.78 is 0. The number of piperidine rings is 1. The van der Waals surface area contributed by atoms with Crippen molar-refractivity contribution < 1.29 is 4.79 Å². The normalized spacial score (nSPS) is 24.6. The molecule has 0 spiro atoms. The van der Waals surface area contributed by atoms with Gasteiger partial charge < -0.3 is 10.6 Å². The van der Waals surface area contributed by atoms with E-state index in [2.05, 4.69) is 27.8 Å². The van der Waals surface area contributed by atoms with Gasteiger partial charge in [-0.05, 0) is 32.2 Å². The van der Waals surface area contributed by atoms with Crippen LogP contribution in [-0.4, -0.2) is 28.7 Å². The van der Waals surface area contributed by atoms with Crippen molar-refractivity contribution in [3.63, 3.8) is 0 Å². The Morgan fingerprint density at radius 2 is 2.47 bits per heavy atom. The standard InChI is InChI=1S/C12H20N4O/c1-3-9-4-5-13-10(7-9)12(17)14-11-6-8(2)15-16-11/h6,9-10,13H,3-5,7H2,1-2H3,(H2,14,15,16,17). The summed E-state index contributed by atoms with van der Waals surface area (Å²) >= 11 is 0. The highest BCUT2D eigenvalue weighted by Gasteiger charge is 2.26. The Morgan fingerprint density at radius 3 is 3.12 bits per heavy atom. The van der Waals surface area contributed by atoms with E-state index in [1.54, 1.807) is 0 Å². The molecule has 0 saturated carbocycles. The van der Waals surface area contributed by atoms with E-state index in [-0.39, 0.29) is 11.9 Å². The van der Waals surface area contributed by atoms with E-state index < -0.39 is 0 Å². The minimum absolute atomic E-state index is 0.0228. The average Bonchev–Trinajstić information content (AvgIpc) is 2.75. The quantitative estimate of drug-likeness (QED) is 0.743. The van der Waals surface area contributed by atoms with Crippen molar-refractivity contribution >= 4 is 11.7 Å². The molecule has 5 heteroatoms. The highest BCUT2D eigenvalue weighted by molar-refractivity contribution is 5.94. The van der Waals surface area contributed by atoms with Crippen LogP contribution >= 0.6 is 0 Å². The molecule has 1 saturated heterocycles. The third kappa shape index (κ3) is 3.06. The number of nitrogens with one attached hydrogen (secondary N) is 3. The minimum Gasteiger partial charge on any atom is -0.308 e. The van der Waals surface area contributed by atoms with Crippen molar-refractivity contribution in [1.29, 1.82) is 0 Å². The van der Waals surface area contributed by atoms with Crippen LogP contribution in [0.15, 0.2) is 6.07 Å². The van der Waals surface area contributed by atoms with Crippen LogP contribution in [0.3, 0.4) is 0 Å². The lowest BCUT2D eigenvalue weighted by molar-refractivity contribution is -0.119. The van der Waals surface area contributed by atoms with Crippen LogP contribution in [0, 0.1) is 12.8 Å². The summed E-state index contributed by atoms with van der Waals surface area (Å²) in [5.74, 6) is 1.29. The van der Waals surface area contributed by atoms with Crippen molar-refractivity contribution in [3.8, 4) is 0 Å². The number of carbonyl (C=O) groups is 1. The second-order valence-electron chi connectivity index (χ2n) is 4.73. The Hall–Kier alpha value is -1.36. The number of H-pyrrole nitrogens is 1. The molecule has 2 rings (SSSR count). The van der Waals surface area contributed by atoms with E-state index >= 15 is 0 Å². The predicted octanol–water partition coefficient (Wildman–Crippen LogP) is 1.43. The Kier molecular flexibility index (Phi) is 3.78. The maximum absolute atomic E-state index is 12.0. The van der Waals surface area contributed by atoms with Crippen LogP contribution in [0.5, 0.6) is 0 Å². The van der Waals surface area contributed by atoms with E-state index in [0.29, 0.717) is 11.7 Å². The number of carbonyl (C=O) groups excluding carboxylic acids is 1. The molecule has 0 bridgehead atoms. The molecule has 2 atom stereocenters. The number of hydrogen-bond acceptors (Lipinski definition) is 3. The van der Waals surface area contributed by atoms with Gasteiger partial charge in [0.1, 0.15) is 0 Å². The van der Waals surface area contributed by atoms with Gasteiger partial charge in [0, 0.05) is 11.8 Å². The van der Waals surface area contributed by atoms with Crippen LogP contribution in [0.2, 0.25) is 0 Å². The monoisotopic (exact) mass is 236 g/mol. The number of anilines is 1. The van der Waals surface area contributed by atoms with Gasteiger partial charge in [0.05, 0.1) is 6.04 Å². The zero-order chi connectivity index (χ0) is 12.3. The lowest BCUT2D eigenvalue weighted by Gasteiger charge is -2.28. The molecule has 1 aromatic heterocycles. The first-order valence-corrected chi connectivity index (χ1v) is 6.25.